The molecular weight excluding hydrogens is 772 g/mol. The Balaban J connectivity index is 1.40. The van der Waals surface area contributed by atoms with E-state index in [2.05, 4.69) is 45.4 Å². The van der Waals surface area contributed by atoms with Crippen molar-refractivity contribution in [3.05, 3.63) is 106 Å². The van der Waals surface area contributed by atoms with Crippen molar-refractivity contribution < 1.29 is 47.2 Å². The Morgan fingerprint density at radius 1 is 0.950 bits per heavy atom. The second-order valence-electron chi connectivity index (χ2n) is 18.3. The van der Waals surface area contributed by atoms with Crippen LogP contribution in [0.1, 0.15) is 131 Å². The zero-order valence-electron chi connectivity index (χ0n) is 35.9. The summed E-state index contributed by atoms with van der Waals surface area (Å²) in [7, 11) is 1.57. The third kappa shape index (κ3) is 10.6. The number of benzene rings is 3. The zero-order valence-corrected chi connectivity index (χ0v) is 35.9. The van der Waals surface area contributed by atoms with Crippen LogP contribution in [0.2, 0.25) is 0 Å². The second kappa shape index (κ2) is 18.7. The third-order valence-corrected chi connectivity index (χ3v) is 13.7. The van der Waals surface area contributed by atoms with Crippen molar-refractivity contribution >= 4 is 11.9 Å². The van der Waals surface area contributed by atoms with Gasteiger partial charge in [-0.05, 0) is 148 Å². The Labute approximate surface area is 353 Å². The number of aliphatic hydroxyl groups is 2. The highest BCUT2D eigenvalue weighted by Crippen LogP contribution is 2.59. The fraction of sp³-hybridized carbons (Fsp3) is 0.551. The van der Waals surface area contributed by atoms with E-state index in [0.29, 0.717) is 73.3 Å². The van der Waals surface area contributed by atoms with Crippen molar-refractivity contribution in [2.24, 2.45) is 23.2 Å². The number of allylic oxidation sites excluding steroid dienone is 2. The molecule has 3 aromatic carbocycles. The van der Waals surface area contributed by atoms with Crippen LogP contribution in [0, 0.1) is 23.2 Å². The largest absolute Gasteiger partial charge is 0.573 e. The van der Waals surface area contributed by atoms with Gasteiger partial charge in [0.15, 0.2) is 5.78 Å². The molecule has 1 amide bonds. The molecule has 0 radical (unpaired) electrons. The minimum Gasteiger partial charge on any atom is -0.497 e. The summed E-state index contributed by atoms with van der Waals surface area (Å²) in [5, 5.41) is 24.2. The van der Waals surface area contributed by atoms with E-state index in [1.165, 1.54) is 29.2 Å². The molecule has 0 aromatic heterocycles. The van der Waals surface area contributed by atoms with Gasteiger partial charge in [0.25, 0.3) is 0 Å². The van der Waals surface area contributed by atoms with E-state index in [-0.39, 0.29) is 48.5 Å². The molecule has 2 saturated carbocycles. The van der Waals surface area contributed by atoms with Gasteiger partial charge in [0.05, 0.1) is 25.4 Å². The van der Waals surface area contributed by atoms with Crippen LogP contribution in [0.5, 0.6) is 11.5 Å². The first-order valence-electron chi connectivity index (χ1n) is 21.6. The quantitative estimate of drug-likeness (QED) is 0.155. The van der Waals surface area contributed by atoms with Crippen LogP contribution in [-0.2, 0) is 17.7 Å². The maximum atomic E-state index is 14.6. The lowest BCUT2D eigenvalue weighted by molar-refractivity contribution is -0.274. The van der Waals surface area contributed by atoms with Crippen molar-refractivity contribution in [2.45, 2.75) is 135 Å². The SMILES string of the molecule is COc1ccc(C(=O)c2cc3ccc2[C@@H]2CC[C@@](O)(CN(Cc4ccc(OC(F)(F)F)cc4)C(=O)O[C@H]4C[C@@H](C)CC[C@@H]4C(C)C)[C@@]2(C)CCC=C(C)CC[C@H](O)C3)cc1. The molecule has 0 aliphatic heterocycles. The van der Waals surface area contributed by atoms with Crippen LogP contribution in [0.3, 0.4) is 0 Å². The van der Waals surface area contributed by atoms with Crippen molar-refractivity contribution in [2.75, 3.05) is 13.7 Å². The number of fused-ring (bicyclic) bond motifs is 8. The Morgan fingerprint density at radius 3 is 2.32 bits per heavy atom. The van der Waals surface area contributed by atoms with Crippen LogP contribution in [0.4, 0.5) is 18.0 Å². The Bertz CT molecular complexity index is 1980. The average molecular weight is 834 g/mol. The number of methoxy groups -OCH3 is 1. The molecule has 7 atom stereocenters. The number of amides is 1. The third-order valence-electron chi connectivity index (χ3n) is 13.7. The second-order valence-corrected chi connectivity index (χ2v) is 18.3. The normalized spacial score (nSPS) is 27.4. The molecule has 3 aromatic rings. The maximum Gasteiger partial charge on any atom is 0.573 e. The number of hydrogen-bond acceptors (Lipinski definition) is 7. The summed E-state index contributed by atoms with van der Waals surface area (Å²) < 4.78 is 55.0. The summed E-state index contributed by atoms with van der Waals surface area (Å²) >= 11 is 0. The number of nitrogens with zero attached hydrogens (tertiary/aromatic N) is 1. The van der Waals surface area contributed by atoms with Gasteiger partial charge in [-0.25, -0.2) is 4.79 Å². The first-order valence-corrected chi connectivity index (χ1v) is 21.6. The van der Waals surface area contributed by atoms with Crippen molar-refractivity contribution in [3.63, 3.8) is 0 Å². The van der Waals surface area contributed by atoms with Gasteiger partial charge in [-0.15, -0.1) is 13.2 Å². The molecule has 8 nitrogen and oxygen atoms in total. The monoisotopic (exact) mass is 833 g/mol. The number of carbonyl (C=O) groups is 2. The number of aliphatic hydroxyl groups excluding tert-OH is 1. The molecule has 2 N–H and O–H groups in total. The number of halogens is 3. The van der Waals surface area contributed by atoms with Gasteiger partial charge in [0.1, 0.15) is 17.6 Å². The van der Waals surface area contributed by atoms with Crippen LogP contribution < -0.4 is 9.47 Å². The predicted octanol–water partition coefficient (Wildman–Crippen LogP) is 11.0. The smallest absolute Gasteiger partial charge is 0.497 e. The Morgan fingerprint density at radius 2 is 1.65 bits per heavy atom. The van der Waals surface area contributed by atoms with Crippen LogP contribution >= 0.6 is 0 Å². The highest BCUT2D eigenvalue weighted by Gasteiger charge is 2.58. The van der Waals surface area contributed by atoms with Crippen LogP contribution in [-0.4, -0.2) is 64.8 Å². The van der Waals surface area contributed by atoms with Crippen LogP contribution in [0.15, 0.2) is 78.4 Å². The van der Waals surface area contributed by atoms with Crippen molar-refractivity contribution in [3.8, 4) is 11.5 Å². The number of alkyl halides is 3. The fourth-order valence-corrected chi connectivity index (χ4v) is 10.1. The first-order chi connectivity index (χ1) is 28.4. The molecule has 2 bridgehead atoms. The number of ketones is 1. The van der Waals surface area contributed by atoms with Gasteiger partial charge in [-0.2, -0.15) is 0 Å². The average Bonchev–Trinajstić information content (AvgIpc) is 3.44. The highest BCUT2D eigenvalue weighted by atomic mass is 19.4. The van der Waals surface area contributed by atoms with E-state index in [4.69, 9.17) is 9.47 Å². The predicted molar refractivity (Wildman–Crippen MR) is 225 cm³/mol. The zero-order chi connectivity index (χ0) is 43.4. The van der Waals surface area contributed by atoms with E-state index in [9.17, 15) is 33.0 Å². The van der Waals surface area contributed by atoms with Crippen molar-refractivity contribution in [1.29, 1.82) is 0 Å². The standard InChI is InChI=1S/C49H62F3NO7/c1-31(2)40-21-10-33(4)26-44(40)59-46(56)53(29-34-11-17-39(18-12-34)60-49(50,51)52)30-48(57)25-23-43-41-22-13-35(27-37(54)16-9-32(3)8-7-24-47(43,48)5)28-42(41)45(55)36-14-19-38(58-6)20-15-36/h8,11-15,17-20,22,28,31,33,37,40,43-44,54,57H,7,9-10,16,21,23-27,29-30H2,1-6H3/t33-,37-,40+,43-,44-,47-,48+/m0/s1. The van der Waals surface area contributed by atoms with Crippen LogP contribution in [0.25, 0.3) is 0 Å². The number of hydrogen-bond donors (Lipinski definition) is 2. The molecule has 2 fully saturated rings. The minimum absolute atomic E-state index is 0.0138. The molecule has 4 aliphatic carbocycles. The molecule has 0 heterocycles. The molecule has 0 unspecified atom stereocenters. The lowest BCUT2D eigenvalue weighted by Gasteiger charge is -2.46. The van der Waals surface area contributed by atoms with Gasteiger partial charge < -0.3 is 29.3 Å². The van der Waals surface area contributed by atoms with E-state index >= 15 is 0 Å². The topological polar surface area (TPSA) is 106 Å². The lowest BCUT2D eigenvalue weighted by atomic mass is 9.64. The molecule has 7 rings (SSSR count). The fourth-order valence-electron chi connectivity index (χ4n) is 10.1. The van der Waals surface area contributed by atoms with Gasteiger partial charge in [0, 0.05) is 23.1 Å². The number of rotatable bonds is 10. The number of carbonyl (C=O) groups excluding carboxylic acids is 2. The van der Waals surface area contributed by atoms with Crippen molar-refractivity contribution in [1.82, 2.24) is 4.90 Å². The van der Waals surface area contributed by atoms with Gasteiger partial charge in [-0.1, -0.05) is 70.0 Å². The molecule has 0 spiro atoms. The Hall–Kier alpha value is -4.35. The van der Waals surface area contributed by atoms with E-state index < -0.39 is 29.6 Å². The first kappa shape index (κ1) is 45.2. The molecule has 326 valence electrons. The molecule has 4 aliphatic rings. The summed E-state index contributed by atoms with van der Waals surface area (Å²) in [6.07, 6.45) is 2.20. The Kier molecular flexibility index (Phi) is 14.1. The molecule has 0 saturated heterocycles. The minimum atomic E-state index is -4.85. The maximum absolute atomic E-state index is 14.6. The summed E-state index contributed by atoms with van der Waals surface area (Å²) in [5.41, 5.74) is 2.02. The van der Waals surface area contributed by atoms with Gasteiger partial charge in [0.2, 0.25) is 0 Å². The lowest BCUT2D eigenvalue weighted by Crippen LogP contribution is -2.54. The summed E-state index contributed by atoms with van der Waals surface area (Å²) in [4.78, 5) is 30.6. The molecular formula is C49H62F3NO7. The molecule has 60 heavy (non-hydrogen) atoms. The van der Waals surface area contributed by atoms with E-state index in [1.807, 2.05) is 18.2 Å². The summed E-state index contributed by atoms with van der Waals surface area (Å²) in [5.74, 6) is 0.616. The van der Waals surface area contributed by atoms with E-state index in [1.54, 1.807) is 31.4 Å². The van der Waals surface area contributed by atoms with Gasteiger partial charge >= 0.3 is 12.5 Å². The highest BCUT2D eigenvalue weighted by molar-refractivity contribution is 6.10. The number of ether oxygens (including phenoxy) is 3. The molecule has 11 heteroatoms. The summed E-state index contributed by atoms with van der Waals surface area (Å²) in [6.45, 7) is 10.4. The summed E-state index contributed by atoms with van der Waals surface area (Å²) in [6, 6.07) is 18.3. The van der Waals surface area contributed by atoms with Gasteiger partial charge in [-0.3, -0.25) is 4.79 Å². The van der Waals surface area contributed by atoms with E-state index in [0.717, 1.165) is 36.0 Å².